The van der Waals surface area contributed by atoms with Crippen LogP contribution >= 0.6 is 0 Å². The number of carbonyl (C=O) groups excluding carboxylic acids is 1. The molecule has 1 aromatic carbocycles. The van der Waals surface area contributed by atoms with Crippen molar-refractivity contribution in [2.45, 2.75) is 6.42 Å². The predicted molar refractivity (Wildman–Crippen MR) is 60.4 cm³/mol. The Morgan fingerprint density at radius 3 is 2.65 bits per heavy atom. The summed E-state index contributed by atoms with van der Waals surface area (Å²) in [5, 5.41) is 14.1. The molecule has 0 saturated heterocycles. The maximum Gasteiger partial charge on any atom is 0.269 e. The van der Waals surface area contributed by atoms with Gasteiger partial charge in [-0.25, -0.2) is 5.43 Å². The largest absolute Gasteiger partial charge is 0.483 e. The summed E-state index contributed by atoms with van der Waals surface area (Å²) in [6.45, 7) is 0. The molecule has 1 rings (SSSR count). The number of benzene rings is 1. The van der Waals surface area contributed by atoms with E-state index < -0.39 is 4.92 Å². The monoisotopic (exact) mass is 237 g/mol. The molecule has 0 atom stereocenters. The number of carbonyl (C=O) groups is 1. The van der Waals surface area contributed by atoms with Crippen LogP contribution in [0.2, 0.25) is 0 Å². The number of hydrazone groups is 1. The number of hydrogen-bond donors (Lipinski definition) is 1. The Morgan fingerprint density at radius 2 is 2.18 bits per heavy atom. The summed E-state index contributed by atoms with van der Waals surface area (Å²) in [6.07, 6.45) is 0.768. The van der Waals surface area contributed by atoms with E-state index in [0.717, 1.165) is 5.56 Å². The quantitative estimate of drug-likeness (QED) is 0.270. The highest BCUT2D eigenvalue weighted by molar-refractivity contribution is 5.79. The summed E-state index contributed by atoms with van der Waals surface area (Å²) >= 11 is 0. The molecule has 0 aliphatic carbocycles. The van der Waals surface area contributed by atoms with Crippen LogP contribution in [0.15, 0.2) is 29.4 Å². The number of nitro groups is 1. The minimum atomic E-state index is -0.469. The van der Waals surface area contributed by atoms with Crippen molar-refractivity contribution in [2.24, 2.45) is 5.10 Å². The molecule has 0 bridgehead atoms. The second-order valence-electron chi connectivity index (χ2n) is 3.06. The van der Waals surface area contributed by atoms with Gasteiger partial charge in [0.25, 0.3) is 5.69 Å². The van der Waals surface area contributed by atoms with Gasteiger partial charge in [0.15, 0.2) is 0 Å². The molecule has 1 aromatic rings. The van der Waals surface area contributed by atoms with Crippen molar-refractivity contribution in [3.8, 4) is 0 Å². The number of amides is 1. The van der Waals surface area contributed by atoms with Crippen LogP contribution in [-0.4, -0.2) is 24.3 Å². The van der Waals surface area contributed by atoms with E-state index in [0.29, 0.717) is 18.7 Å². The fourth-order valence-corrected chi connectivity index (χ4v) is 1.17. The highest BCUT2D eigenvalue weighted by Crippen LogP contribution is 2.12. The van der Waals surface area contributed by atoms with E-state index in [-0.39, 0.29) is 5.69 Å². The van der Waals surface area contributed by atoms with E-state index in [1.165, 1.54) is 19.2 Å². The first-order valence-corrected chi connectivity index (χ1v) is 4.70. The number of nitro benzene ring substituents is 1. The Hall–Kier alpha value is -2.44. The van der Waals surface area contributed by atoms with Crippen LogP contribution in [-0.2, 0) is 16.0 Å². The molecular weight excluding hydrogens is 226 g/mol. The van der Waals surface area contributed by atoms with Crippen molar-refractivity contribution >= 4 is 18.0 Å². The van der Waals surface area contributed by atoms with Gasteiger partial charge in [-0.1, -0.05) is 12.1 Å². The lowest BCUT2D eigenvalue weighted by Gasteiger charge is -2.04. The molecule has 0 unspecified atom stereocenters. The Kier molecular flexibility index (Phi) is 4.61. The Morgan fingerprint density at radius 1 is 1.53 bits per heavy atom. The summed E-state index contributed by atoms with van der Waals surface area (Å²) in [5.41, 5.74) is 2.94. The number of rotatable bonds is 5. The van der Waals surface area contributed by atoms with E-state index in [9.17, 15) is 14.9 Å². The third-order valence-corrected chi connectivity index (χ3v) is 1.98. The van der Waals surface area contributed by atoms with Crippen molar-refractivity contribution in [3.05, 3.63) is 39.9 Å². The maximum atomic E-state index is 10.4. The topological polar surface area (TPSA) is 93.8 Å². The Bertz CT molecular complexity index is 428. The zero-order chi connectivity index (χ0) is 12.7. The number of hydrogen-bond acceptors (Lipinski definition) is 5. The van der Waals surface area contributed by atoms with Gasteiger partial charge in [0.05, 0.1) is 18.5 Å². The van der Waals surface area contributed by atoms with E-state index in [1.807, 2.05) is 0 Å². The van der Waals surface area contributed by atoms with Crippen LogP contribution in [0, 0.1) is 10.1 Å². The van der Waals surface area contributed by atoms with Crippen molar-refractivity contribution in [2.75, 3.05) is 7.11 Å². The van der Waals surface area contributed by atoms with Crippen LogP contribution < -0.4 is 5.43 Å². The van der Waals surface area contributed by atoms with E-state index in [2.05, 4.69) is 10.5 Å². The molecule has 0 spiro atoms. The fourth-order valence-electron chi connectivity index (χ4n) is 1.17. The first-order valence-electron chi connectivity index (χ1n) is 4.70. The lowest BCUT2D eigenvalue weighted by molar-refractivity contribution is -0.384. The Labute approximate surface area is 97.2 Å². The molecule has 7 nitrogen and oxygen atoms in total. The molecule has 0 radical (unpaired) electrons. The summed E-state index contributed by atoms with van der Waals surface area (Å²) < 4.78 is 4.93. The molecule has 1 amide bonds. The molecular formula is C10H11N3O4. The zero-order valence-electron chi connectivity index (χ0n) is 9.12. The predicted octanol–water partition coefficient (Wildman–Crippen LogP) is 0.843. The van der Waals surface area contributed by atoms with Crippen LogP contribution in [0.25, 0.3) is 0 Å². The number of methoxy groups -OCH3 is 1. The van der Waals surface area contributed by atoms with Gasteiger partial charge in [-0.15, -0.1) is 5.10 Å². The van der Waals surface area contributed by atoms with Gasteiger partial charge in [-0.05, 0) is 5.56 Å². The fraction of sp³-hybridized carbons (Fsp3) is 0.200. The van der Waals surface area contributed by atoms with Crippen LogP contribution in [0.5, 0.6) is 0 Å². The average Bonchev–Trinajstić information content (AvgIpc) is 2.35. The first-order chi connectivity index (χ1) is 8.17. The molecule has 0 aliphatic rings. The lowest BCUT2D eigenvalue weighted by atomic mass is 10.1. The van der Waals surface area contributed by atoms with Gasteiger partial charge in [0.1, 0.15) is 0 Å². The maximum absolute atomic E-state index is 10.4. The normalized spacial score (nSPS) is 10.8. The number of nitrogens with zero attached hydrogens (tertiary/aromatic N) is 2. The van der Waals surface area contributed by atoms with Crippen LogP contribution in [0.3, 0.4) is 0 Å². The lowest BCUT2D eigenvalue weighted by Crippen LogP contribution is -2.12. The van der Waals surface area contributed by atoms with Crippen LogP contribution in [0.4, 0.5) is 5.69 Å². The molecule has 7 heteroatoms. The minimum Gasteiger partial charge on any atom is -0.483 e. The summed E-state index contributed by atoms with van der Waals surface area (Å²) in [7, 11) is 1.43. The average molecular weight is 237 g/mol. The van der Waals surface area contributed by atoms with Gasteiger partial charge in [-0.2, -0.15) is 0 Å². The molecule has 0 heterocycles. The molecule has 0 saturated carbocycles. The Balaban J connectivity index is 2.73. The standard InChI is InChI=1S/C10H11N3O4/c1-17-10(12-11-7-14)6-8-2-4-9(5-3-8)13(15)16/h2-5,7H,6H2,1H3,(H,11,14)/b12-10-. The van der Waals surface area contributed by atoms with Crippen molar-refractivity contribution in [3.63, 3.8) is 0 Å². The number of ether oxygens (including phenoxy) is 1. The highest BCUT2D eigenvalue weighted by Gasteiger charge is 2.06. The molecule has 0 fully saturated rings. The van der Waals surface area contributed by atoms with E-state index >= 15 is 0 Å². The highest BCUT2D eigenvalue weighted by atomic mass is 16.6. The SMILES string of the molecule is CO/C(Cc1ccc([N+](=O)[O-])cc1)=N\NC=O. The van der Waals surface area contributed by atoms with Crippen molar-refractivity contribution < 1.29 is 14.5 Å². The van der Waals surface area contributed by atoms with Crippen molar-refractivity contribution in [1.29, 1.82) is 0 Å². The summed E-state index contributed by atoms with van der Waals surface area (Å²) in [6, 6.07) is 6.01. The van der Waals surface area contributed by atoms with Gasteiger partial charge >= 0.3 is 0 Å². The first kappa shape index (κ1) is 12.6. The minimum absolute atomic E-state index is 0.0238. The van der Waals surface area contributed by atoms with Crippen LogP contribution in [0.1, 0.15) is 5.56 Å². The summed E-state index contributed by atoms with van der Waals surface area (Å²) in [4.78, 5) is 20.0. The zero-order valence-corrected chi connectivity index (χ0v) is 9.12. The third kappa shape index (κ3) is 3.90. The molecule has 0 aromatic heterocycles. The van der Waals surface area contributed by atoms with Gasteiger partial charge < -0.3 is 4.74 Å². The van der Waals surface area contributed by atoms with Gasteiger partial charge in [0.2, 0.25) is 12.3 Å². The number of nitrogens with one attached hydrogen (secondary N) is 1. The van der Waals surface area contributed by atoms with E-state index in [4.69, 9.17) is 4.74 Å². The number of non-ortho nitro benzene ring substituents is 1. The molecule has 17 heavy (non-hydrogen) atoms. The van der Waals surface area contributed by atoms with Gasteiger partial charge in [-0.3, -0.25) is 14.9 Å². The molecule has 0 aliphatic heterocycles. The van der Waals surface area contributed by atoms with E-state index in [1.54, 1.807) is 12.1 Å². The second kappa shape index (κ2) is 6.21. The van der Waals surface area contributed by atoms with Gasteiger partial charge in [0, 0.05) is 12.1 Å². The smallest absolute Gasteiger partial charge is 0.269 e. The second-order valence-corrected chi connectivity index (χ2v) is 3.06. The van der Waals surface area contributed by atoms with Crippen molar-refractivity contribution in [1.82, 2.24) is 5.43 Å². The summed E-state index contributed by atoms with van der Waals surface area (Å²) in [5.74, 6) is 0.311. The molecule has 90 valence electrons. The third-order valence-electron chi connectivity index (χ3n) is 1.98. The molecule has 1 N–H and O–H groups in total.